The standard InChI is InChI=1S/C14H26N2O4/c1-10(2)9-20-8-7-15-12(19)16-14(5,6)13(3,4)11(17)18/h1,7-9H2,2-6H3,(H,17,18)(H2,15,16,19). The molecule has 0 aliphatic rings. The Balaban J connectivity index is 4.20. The van der Waals surface area contributed by atoms with E-state index in [1.807, 2.05) is 6.92 Å². The molecule has 116 valence electrons. The molecule has 0 aliphatic heterocycles. The van der Waals surface area contributed by atoms with E-state index in [4.69, 9.17) is 4.74 Å². The molecule has 0 aromatic rings. The van der Waals surface area contributed by atoms with Crippen LogP contribution in [0.2, 0.25) is 0 Å². The van der Waals surface area contributed by atoms with Crippen LogP contribution in [0.15, 0.2) is 12.2 Å². The van der Waals surface area contributed by atoms with Gasteiger partial charge >= 0.3 is 12.0 Å². The molecule has 0 aromatic heterocycles. The molecule has 6 nitrogen and oxygen atoms in total. The maximum atomic E-state index is 11.7. The lowest BCUT2D eigenvalue weighted by molar-refractivity contribution is -0.150. The Morgan fingerprint density at radius 1 is 1.25 bits per heavy atom. The van der Waals surface area contributed by atoms with Crippen LogP contribution >= 0.6 is 0 Å². The van der Waals surface area contributed by atoms with Gasteiger partial charge in [-0.05, 0) is 34.6 Å². The lowest BCUT2D eigenvalue weighted by atomic mass is 9.74. The van der Waals surface area contributed by atoms with Crippen LogP contribution in [0.25, 0.3) is 0 Å². The molecule has 0 aliphatic carbocycles. The molecule has 0 radical (unpaired) electrons. The van der Waals surface area contributed by atoms with E-state index in [1.54, 1.807) is 27.7 Å². The zero-order chi connectivity index (χ0) is 16.0. The second-order valence-electron chi connectivity index (χ2n) is 5.95. The molecule has 0 saturated heterocycles. The van der Waals surface area contributed by atoms with Crippen molar-refractivity contribution in [1.29, 1.82) is 0 Å². The maximum Gasteiger partial charge on any atom is 0.315 e. The SMILES string of the molecule is C=C(C)COCCNC(=O)NC(C)(C)C(C)(C)C(=O)O. The van der Waals surface area contributed by atoms with E-state index in [0.29, 0.717) is 19.8 Å². The maximum absolute atomic E-state index is 11.7. The van der Waals surface area contributed by atoms with Crippen LogP contribution in [0.4, 0.5) is 4.79 Å². The minimum atomic E-state index is -1.08. The van der Waals surface area contributed by atoms with Gasteiger partial charge in [0.1, 0.15) is 0 Å². The number of urea groups is 1. The fourth-order valence-corrected chi connectivity index (χ4v) is 1.23. The molecule has 0 atom stereocenters. The summed E-state index contributed by atoms with van der Waals surface area (Å²) in [6.45, 7) is 13.3. The smallest absolute Gasteiger partial charge is 0.315 e. The summed E-state index contributed by atoms with van der Waals surface area (Å²) in [5.74, 6) is -0.965. The first-order chi connectivity index (χ1) is 9.00. The molecule has 20 heavy (non-hydrogen) atoms. The minimum Gasteiger partial charge on any atom is -0.481 e. The van der Waals surface area contributed by atoms with Gasteiger partial charge < -0.3 is 20.5 Å². The third kappa shape index (κ3) is 5.61. The van der Waals surface area contributed by atoms with Crippen molar-refractivity contribution in [1.82, 2.24) is 10.6 Å². The van der Waals surface area contributed by atoms with Crippen LogP contribution in [0.1, 0.15) is 34.6 Å². The fourth-order valence-electron chi connectivity index (χ4n) is 1.23. The van der Waals surface area contributed by atoms with Gasteiger partial charge in [-0.1, -0.05) is 12.2 Å². The highest BCUT2D eigenvalue weighted by molar-refractivity contribution is 5.79. The third-order valence-corrected chi connectivity index (χ3v) is 3.40. The second-order valence-corrected chi connectivity index (χ2v) is 5.95. The number of carbonyl (C=O) groups excluding carboxylic acids is 1. The Kier molecular flexibility index (Phi) is 6.72. The van der Waals surface area contributed by atoms with Gasteiger partial charge in [0.25, 0.3) is 0 Å². The first-order valence-corrected chi connectivity index (χ1v) is 6.52. The summed E-state index contributed by atoms with van der Waals surface area (Å²) in [5.41, 5.74) is -1.05. The number of amides is 2. The van der Waals surface area contributed by atoms with E-state index >= 15 is 0 Å². The molecule has 0 unspecified atom stereocenters. The van der Waals surface area contributed by atoms with Crippen LogP contribution < -0.4 is 10.6 Å². The largest absolute Gasteiger partial charge is 0.481 e. The monoisotopic (exact) mass is 286 g/mol. The number of carbonyl (C=O) groups is 2. The average molecular weight is 286 g/mol. The fraction of sp³-hybridized carbons (Fsp3) is 0.714. The molecule has 6 heteroatoms. The second kappa shape index (κ2) is 7.28. The molecule has 3 N–H and O–H groups in total. The van der Waals surface area contributed by atoms with Crippen molar-refractivity contribution in [3.05, 3.63) is 12.2 Å². The average Bonchev–Trinajstić information content (AvgIpc) is 2.26. The Labute approximate surface area is 120 Å². The number of hydrogen-bond acceptors (Lipinski definition) is 3. The highest BCUT2D eigenvalue weighted by Crippen LogP contribution is 2.30. The van der Waals surface area contributed by atoms with Crippen molar-refractivity contribution in [2.75, 3.05) is 19.8 Å². The predicted molar refractivity (Wildman–Crippen MR) is 77.7 cm³/mol. The lowest BCUT2D eigenvalue weighted by Gasteiger charge is -2.38. The van der Waals surface area contributed by atoms with Crippen molar-refractivity contribution in [2.24, 2.45) is 5.41 Å². The number of hydrogen-bond donors (Lipinski definition) is 3. The number of carboxylic acid groups (broad SMARTS) is 1. The van der Waals surface area contributed by atoms with Gasteiger partial charge in [-0.25, -0.2) is 4.79 Å². The first kappa shape index (κ1) is 18.4. The van der Waals surface area contributed by atoms with Gasteiger partial charge in [-0.2, -0.15) is 0 Å². The predicted octanol–water partition coefficient (Wildman–Crippen LogP) is 1.77. The quantitative estimate of drug-likeness (QED) is 0.469. The molecule has 0 saturated carbocycles. The molecule has 0 rings (SSSR count). The number of aliphatic carboxylic acids is 1. The summed E-state index contributed by atoms with van der Waals surface area (Å²) < 4.78 is 5.24. The van der Waals surface area contributed by atoms with Gasteiger partial charge in [0.05, 0.1) is 24.2 Å². The van der Waals surface area contributed by atoms with Gasteiger partial charge in [-0.3, -0.25) is 4.79 Å². The van der Waals surface area contributed by atoms with E-state index < -0.39 is 23.0 Å². The Hall–Kier alpha value is -1.56. The molecule has 0 bridgehead atoms. The van der Waals surface area contributed by atoms with Crippen molar-refractivity contribution >= 4 is 12.0 Å². The summed E-state index contributed by atoms with van der Waals surface area (Å²) in [6, 6.07) is -0.414. The van der Waals surface area contributed by atoms with Gasteiger partial charge in [0.2, 0.25) is 0 Å². The van der Waals surface area contributed by atoms with Crippen LogP contribution in [0.3, 0.4) is 0 Å². The van der Waals surface area contributed by atoms with E-state index in [2.05, 4.69) is 17.2 Å². The number of nitrogens with one attached hydrogen (secondary N) is 2. The van der Waals surface area contributed by atoms with Crippen LogP contribution in [0, 0.1) is 5.41 Å². The number of rotatable bonds is 8. The summed E-state index contributed by atoms with van der Waals surface area (Å²) in [4.78, 5) is 22.9. The first-order valence-electron chi connectivity index (χ1n) is 6.52. The minimum absolute atomic E-state index is 0.350. The van der Waals surface area contributed by atoms with E-state index in [9.17, 15) is 14.7 Å². The Morgan fingerprint density at radius 2 is 1.80 bits per heavy atom. The summed E-state index contributed by atoms with van der Waals surface area (Å²) in [6.07, 6.45) is 0. The van der Waals surface area contributed by atoms with Gasteiger partial charge in [0.15, 0.2) is 0 Å². The molecular formula is C14H26N2O4. The van der Waals surface area contributed by atoms with Crippen LogP contribution in [-0.4, -0.2) is 42.4 Å². The lowest BCUT2D eigenvalue weighted by Crippen LogP contribution is -2.59. The number of carboxylic acids is 1. The molecule has 2 amide bonds. The van der Waals surface area contributed by atoms with E-state index in [0.717, 1.165) is 5.57 Å². The van der Waals surface area contributed by atoms with Crippen LogP contribution in [-0.2, 0) is 9.53 Å². The molecule has 0 spiro atoms. The summed E-state index contributed by atoms with van der Waals surface area (Å²) in [5, 5.41) is 14.5. The highest BCUT2D eigenvalue weighted by atomic mass is 16.5. The van der Waals surface area contributed by atoms with Crippen molar-refractivity contribution < 1.29 is 19.4 Å². The van der Waals surface area contributed by atoms with E-state index in [1.165, 1.54) is 0 Å². The number of ether oxygens (including phenoxy) is 1. The molecule has 0 aromatic carbocycles. The summed E-state index contributed by atoms with van der Waals surface area (Å²) in [7, 11) is 0. The van der Waals surface area contributed by atoms with Crippen molar-refractivity contribution in [2.45, 2.75) is 40.2 Å². The Morgan fingerprint density at radius 3 is 2.25 bits per heavy atom. The topological polar surface area (TPSA) is 87.7 Å². The molecular weight excluding hydrogens is 260 g/mol. The molecule has 0 heterocycles. The normalized spacial score (nSPS) is 11.8. The zero-order valence-electron chi connectivity index (χ0n) is 13.0. The zero-order valence-corrected chi connectivity index (χ0v) is 13.0. The van der Waals surface area contributed by atoms with E-state index in [-0.39, 0.29) is 0 Å². The highest BCUT2D eigenvalue weighted by Gasteiger charge is 2.44. The van der Waals surface area contributed by atoms with Gasteiger partial charge in [-0.15, -0.1) is 0 Å². The Bertz CT molecular complexity index is 375. The summed E-state index contributed by atoms with van der Waals surface area (Å²) >= 11 is 0. The molecule has 0 fully saturated rings. The van der Waals surface area contributed by atoms with Gasteiger partial charge in [0, 0.05) is 6.54 Å². The van der Waals surface area contributed by atoms with Crippen LogP contribution in [0.5, 0.6) is 0 Å². The third-order valence-electron chi connectivity index (χ3n) is 3.40. The van der Waals surface area contributed by atoms with Crippen molar-refractivity contribution in [3.63, 3.8) is 0 Å². The van der Waals surface area contributed by atoms with Crippen molar-refractivity contribution in [3.8, 4) is 0 Å².